The standard InChI is InChI=1S/C9H12F3N3O2S/c1-6(18(13,16)17)4-14-8-3-2-7(5-15-8)9(10,11)12/h2-3,5-6H,4H2,1H3,(H,14,15)(H2,13,16,17). The molecular formula is C9H12F3N3O2S. The largest absolute Gasteiger partial charge is 0.417 e. The van der Waals surface area contributed by atoms with Crippen molar-refractivity contribution in [3.63, 3.8) is 0 Å². The fraction of sp³-hybridized carbons (Fsp3) is 0.444. The molecule has 1 rings (SSSR count). The van der Waals surface area contributed by atoms with Crippen molar-refractivity contribution in [2.75, 3.05) is 11.9 Å². The molecule has 18 heavy (non-hydrogen) atoms. The van der Waals surface area contributed by atoms with Crippen LogP contribution in [0.15, 0.2) is 18.3 Å². The highest BCUT2D eigenvalue weighted by Crippen LogP contribution is 2.28. The van der Waals surface area contributed by atoms with Crippen LogP contribution in [0.3, 0.4) is 0 Å². The van der Waals surface area contributed by atoms with Crippen molar-refractivity contribution in [3.8, 4) is 0 Å². The number of hydrogen-bond donors (Lipinski definition) is 2. The maximum Gasteiger partial charge on any atom is 0.417 e. The lowest BCUT2D eigenvalue weighted by atomic mass is 10.3. The average Bonchev–Trinajstić information content (AvgIpc) is 2.24. The number of pyridine rings is 1. The number of primary sulfonamides is 1. The Balaban J connectivity index is 2.66. The summed E-state index contributed by atoms with van der Waals surface area (Å²) in [5, 5.41) is 6.62. The van der Waals surface area contributed by atoms with Crippen LogP contribution in [0, 0.1) is 0 Å². The Kier molecular flexibility index (Phi) is 4.17. The van der Waals surface area contributed by atoms with Crippen LogP contribution >= 0.6 is 0 Å². The maximum absolute atomic E-state index is 12.2. The van der Waals surface area contributed by atoms with Gasteiger partial charge in [-0.2, -0.15) is 13.2 Å². The second-order valence-electron chi connectivity index (χ2n) is 3.71. The van der Waals surface area contributed by atoms with Gasteiger partial charge in [0.15, 0.2) is 0 Å². The number of halogens is 3. The van der Waals surface area contributed by atoms with Gasteiger partial charge in [0, 0.05) is 12.7 Å². The third-order valence-electron chi connectivity index (χ3n) is 2.22. The van der Waals surface area contributed by atoms with Crippen molar-refractivity contribution in [2.24, 2.45) is 5.14 Å². The molecule has 1 unspecified atom stereocenters. The van der Waals surface area contributed by atoms with Gasteiger partial charge in [-0.05, 0) is 19.1 Å². The SMILES string of the molecule is CC(CNc1ccc(C(F)(F)F)cn1)S(N)(=O)=O. The molecule has 1 aromatic heterocycles. The minimum Gasteiger partial charge on any atom is -0.369 e. The first kappa shape index (κ1) is 14.7. The minimum atomic E-state index is -4.45. The average molecular weight is 283 g/mol. The molecule has 9 heteroatoms. The monoisotopic (exact) mass is 283 g/mol. The molecule has 5 nitrogen and oxygen atoms in total. The third-order valence-corrected chi connectivity index (χ3v) is 3.51. The van der Waals surface area contributed by atoms with Gasteiger partial charge < -0.3 is 5.32 Å². The summed E-state index contributed by atoms with van der Waals surface area (Å²) in [6.07, 6.45) is -3.77. The first-order valence-electron chi connectivity index (χ1n) is 4.89. The highest BCUT2D eigenvalue weighted by atomic mass is 32.2. The molecule has 0 aliphatic heterocycles. The molecule has 0 aromatic carbocycles. The van der Waals surface area contributed by atoms with Crippen molar-refractivity contribution >= 4 is 15.8 Å². The fourth-order valence-electron chi connectivity index (χ4n) is 1.03. The van der Waals surface area contributed by atoms with E-state index in [0.717, 1.165) is 12.1 Å². The predicted octanol–water partition coefficient (Wildman–Crippen LogP) is 1.19. The molecule has 0 amide bonds. The molecule has 0 radical (unpaired) electrons. The van der Waals surface area contributed by atoms with E-state index in [4.69, 9.17) is 5.14 Å². The summed E-state index contributed by atoms with van der Waals surface area (Å²) in [6, 6.07) is 1.98. The smallest absolute Gasteiger partial charge is 0.369 e. The zero-order valence-corrected chi connectivity index (χ0v) is 10.2. The molecule has 0 spiro atoms. The van der Waals surface area contributed by atoms with E-state index in [1.165, 1.54) is 6.92 Å². The number of nitrogens with zero attached hydrogens (tertiary/aromatic N) is 1. The molecule has 0 fully saturated rings. The van der Waals surface area contributed by atoms with E-state index in [9.17, 15) is 21.6 Å². The van der Waals surface area contributed by atoms with Crippen LogP contribution < -0.4 is 10.5 Å². The zero-order valence-electron chi connectivity index (χ0n) is 9.40. The Morgan fingerprint density at radius 2 is 2.06 bits per heavy atom. The molecule has 3 N–H and O–H groups in total. The second kappa shape index (κ2) is 5.11. The summed E-state index contributed by atoms with van der Waals surface area (Å²) in [5.74, 6) is 0.151. The third kappa shape index (κ3) is 4.15. The summed E-state index contributed by atoms with van der Waals surface area (Å²) in [7, 11) is -3.67. The van der Waals surface area contributed by atoms with Gasteiger partial charge in [-0.3, -0.25) is 0 Å². The predicted molar refractivity (Wildman–Crippen MR) is 60.3 cm³/mol. The Morgan fingerprint density at radius 3 is 2.44 bits per heavy atom. The number of alkyl halides is 3. The van der Waals surface area contributed by atoms with Crippen molar-refractivity contribution < 1.29 is 21.6 Å². The number of anilines is 1. The normalized spacial score (nSPS) is 14.3. The van der Waals surface area contributed by atoms with E-state index in [1.807, 2.05) is 0 Å². The molecular weight excluding hydrogens is 271 g/mol. The highest BCUT2D eigenvalue weighted by molar-refractivity contribution is 7.89. The van der Waals surface area contributed by atoms with Gasteiger partial charge in [0.05, 0.1) is 10.8 Å². The summed E-state index contributed by atoms with van der Waals surface area (Å²) < 4.78 is 58.5. The summed E-state index contributed by atoms with van der Waals surface area (Å²) in [4.78, 5) is 3.53. The molecule has 0 saturated carbocycles. The fourth-order valence-corrected chi connectivity index (χ4v) is 1.35. The van der Waals surface area contributed by atoms with E-state index in [2.05, 4.69) is 10.3 Å². The van der Waals surface area contributed by atoms with E-state index < -0.39 is 27.0 Å². The van der Waals surface area contributed by atoms with Crippen molar-refractivity contribution in [1.29, 1.82) is 0 Å². The number of hydrogen-bond acceptors (Lipinski definition) is 4. The van der Waals surface area contributed by atoms with Crippen molar-refractivity contribution in [2.45, 2.75) is 18.3 Å². The molecule has 0 saturated heterocycles. The lowest BCUT2D eigenvalue weighted by Crippen LogP contribution is -2.32. The second-order valence-corrected chi connectivity index (χ2v) is 5.69. The Morgan fingerprint density at radius 1 is 1.44 bits per heavy atom. The molecule has 0 bridgehead atoms. The van der Waals surface area contributed by atoms with E-state index in [1.54, 1.807) is 0 Å². The Hall–Kier alpha value is -1.35. The van der Waals surface area contributed by atoms with Gasteiger partial charge in [-0.25, -0.2) is 18.5 Å². The van der Waals surface area contributed by atoms with Crippen LogP contribution in [-0.4, -0.2) is 25.2 Å². The van der Waals surface area contributed by atoms with E-state index >= 15 is 0 Å². The number of sulfonamides is 1. The number of nitrogens with one attached hydrogen (secondary N) is 1. The van der Waals surface area contributed by atoms with Crippen LogP contribution in [0.4, 0.5) is 19.0 Å². The van der Waals surface area contributed by atoms with Crippen LogP contribution in [0.5, 0.6) is 0 Å². The van der Waals surface area contributed by atoms with Crippen LogP contribution in [-0.2, 0) is 16.2 Å². The molecule has 1 heterocycles. The van der Waals surface area contributed by atoms with Crippen molar-refractivity contribution in [3.05, 3.63) is 23.9 Å². The molecule has 0 aliphatic rings. The van der Waals surface area contributed by atoms with Gasteiger partial charge in [0.1, 0.15) is 5.82 Å². The lowest BCUT2D eigenvalue weighted by Gasteiger charge is -2.11. The Labute approximate surface area is 102 Å². The highest BCUT2D eigenvalue weighted by Gasteiger charge is 2.30. The molecule has 1 atom stereocenters. The first-order valence-corrected chi connectivity index (χ1v) is 6.50. The van der Waals surface area contributed by atoms with Gasteiger partial charge in [-0.1, -0.05) is 0 Å². The molecule has 102 valence electrons. The maximum atomic E-state index is 12.2. The summed E-state index contributed by atoms with van der Waals surface area (Å²) >= 11 is 0. The Bertz CT molecular complexity index is 499. The molecule has 0 aliphatic carbocycles. The van der Waals surface area contributed by atoms with E-state index in [0.29, 0.717) is 6.20 Å². The van der Waals surface area contributed by atoms with Crippen LogP contribution in [0.1, 0.15) is 12.5 Å². The lowest BCUT2D eigenvalue weighted by molar-refractivity contribution is -0.137. The zero-order chi connectivity index (χ0) is 14.0. The van der Waals surface area contributed by atoms with Crippen LogP contribution in [0.25, 0.3) is 0 Å². The van der Waals surface area contributed by atoms with E-state index in [-0.39, 0.29) is 12.4 Å². The van der Waals surface area contributed by atoms with Gasteiger partial charge in [0.25, 0.3) is 0 Å². The first-order chi connectivity index (χ1) is 8.10. The summed E-state index contributed by atoms with van der Waals surface area (Å²) in [5.41, 5.74) is -0.868. The number of nitrogens with two attached hydrogens (primary N) is 1. The number of rotatable bonds is 4. The van der Waals surface area contributed by atoms with Gasteiger partial charge in [-0.15, -0.1) is 0 Å². The quantitative estimate of drug-likeness (QED) is 0.869. The summed E-state index contributed by atoms with van der Waals surface area (Å²) in [6.45, 7) is 1.35. The minimum absolute atomic E-state index is 0.0306. The number of aromatic nitrogens is 1. The van der Waals surface area contributed by atoms with Crippen molar-refractivity contribution in [1.82, 2.24) is 4.98 Å². The van der Waals surface area contributed by atoms with Gasteiger partial charge >= 0.3 is 6.18 Å². The topological polar surface area (TPSA) is 85.1 Å². The van der Waals surface area contributed by atoms with Crippen LogP contribution in [0.2, 0.25) is 0 Å². The molecule has 1 aromatic rings. The van der Waals surface area contributed by atoms with Gasteiger partial charge in [0.2, 0.25) is 10.0 Å².